The maximum absolute atomic E-state index is 11.9. The van der Waals surface area contributed by atoms with Crippen molar-refractivity contribution < 1.29 is 9.59 Å². The molecule has 0 saturated carbocycles. The predicted molar refractivity (Wildman–Crippen MR) is 85.0 cm³/mol. The molecular weight excluding hydrogens is 268 g/mol. The molecule has 1 aromatic rings. The summed E-state index contributed by atoms with van der Waals surface area (Å²) >= 11 is 0. The van der Waals surface area contributed by atoms with E-state index in [0.717, 1.165) is 11.3 Å². The third-order valence-corrected chi connectivity index (χ3v) is 3.37. The summed E-state index contributed by atoms with van der Waals surface area (Å²) in [5.41, 5.74) is 8.08. The largest absolute Gasteiger partial charge is 0.398 e. The molecule has 0 heterocycles. The van der Waals surface area contributed by atoms with Crippen LogP contribution in [0.4, 0.5) is 11.4 Å². The van der Waals surface area contributed by atoms with Crippen LogP contribution in [-0.4, -0.2) is 43.9 Å². The lowest BCUT2D eigenvalue weighted by molar-refractivity contribution is -0.120. The smallest absolute Gasteiger partial charge is 0.225 e. The summed E-state index contributed by atoms with van der Waals surface area (Å²) in [7, 11) is 3.51. The summed E-state index contributed by atoms with van der Waals surface area (Å²) in [6.07, 6.45) is 0.807. The average molecular weight is 292 g/mol. The number of amides is 2. The number of carbonyl (C=O) groups is 2. The molecule has 0 atom stereocenters. The van der Waals surface area contributed by atoms with Crippen LogP contribution in [0.5, 0.6) is 0 Å². The monoisotopic (exact) mass is 292 g/mol. The van der Waals surface area contributed by atoms with Crippen LogP contribution in [0.3, 0.4) is 0 Å². The number of anilines is 2. The first-order valence-corrected chi connectivity index (χ1v) is 6.98. The molecule has 0 radical (unpaired) electrons. The van der Waals surface area contributed by atoms with Gasteiger partial charge in [-0.1, -0.05) is 6.07 Å². The maximum atomic E-state index is 11.9. The fraction of sp³-hybridized carbons (Fsp3) is 0.467. The summed E-state index contributed by atoms with van der Waals surface area (Å²) in [6, 6.07) is 5.45. The number of rotatable bonds is 7. The van der Waals surface area contributed by atoms with E-state index in [4.69, 9.17) is 5.73 Å². The Morgan fingerprint density at radius 2 is 1.81 bits per heavy atom. The highest BCUT2D eigenvalue weighted by Crippen LogP contribution is 2.20. The molecule has 2 amide bonds. The SMILES string of the molecule is CNC(=O)CCN(C)CCC(=O)Nc1cccc(N)c1C. The molecule has 4 N–H and O–H groups in total. The molecule has 0 aliphatic rings. The lowest BCUT2D eigenvalue weighted by Crippen LogP contribution is -2.29. The zero-order chi connectivity index (χ0) is 15.8. The van der Waals surface area contributed by atoms with E-state index in [-0.39, 0.29) is 11.8 Å². The quantitative estimate of drug-likeness (QED) is 0.654. The maximum Gasteiger partial charge on any atom is 0.225 e. The van der Waals surface area contributed by atoms with Gasteiger partial charge in [0.15, 0.2) is 0 Å². The van der Waals surface area contributed by atoms with Crippen LogP contribution in [0.1, 0.15) is 18.4 Å². The number of nitrogen functional groups attached to an aromatic ring is 1. The van der Waals surface area contributed by atoms with Crippen LogP contribution in [0, 0.1) is 6.92 Å². The Bertz CT molecular complexity index is 502. The average Bonchev–Trinajstić information content (AvgIpc) is 2.47. The van der Waals surface area contributed by atoms with Crippen molar-refractivity contribution >= 4 is 23.2 Å². The van der Waals surface area contributed by atoms with Crippen molar-refractivity contribution in [3.8, 4) is 0 Å². The second-order valence-corrected chi connectivity index (χ2v) is 5.04. The van der Waals surface area contributed by atoms with Crippen LogP contribution in [0.2, 0.25) is 0 Å². The highest BCUT2D eigenvalue weighted by atomic mass is 16.2. The van der Waals surface area contributed by atoms with Crippen LogP contribution in [-0.2, 0) is 9.59 Å². The summed E-state index contributed by atoms with van der Waals surface area (Å²) in [6.45, 7) is 3.11. The Hall–Kier alpha value is -2.08. The first-order valence-electron chi connectivity index (χ1n) is 6.98. The van der Waals surface area contributed by atoms with Gasteiger partial charge < -0.3 is 21.3 Å². The summed E-state index contributed by atoms with van der Waals surface area (Å²) in [5.74, 6) is -0.0582. The number of nitrogens with two attached hydrogens (primary N) is 1. The van der Waals surface area contributed by atoms with Gasteiger partial charge in [0.05, 0.1) is 0 Å². The van der Waals surface area contributed by atoms with Crippen LogP contribution < -0.4 is 16.4 Å². The van der Waals surface area contributed by atoms with Gasteiger partial charge in [-0.3, -0.25) is 9.59 Å². The molecule has 0 fully saturated rings. The summed E-state index contributed by atoms with van der Waals surface area (Å²) in [5, 5.41) is 5.43. The van der Waals surface area contributed by atoms with E-state index in [9.17, 15) is 9.59 Å². The van der Waals surface area contributed by atoms with Crippen molar-refractivity contribution in [2.24, 2.45) is 0 Å². The second-order valence-electron chi connectivity index (χ2n) is 5.04. The fourth-order valence-corrected chi connectivity index (χ4v) is 1.82. The molecule has 0 bridgehead atoms. The Balaban J connectivity index is 2.37. The van der Waals surface area contributed by atoms with Gasteiger partial charge in [-0.15, -0.1) is 0 Å². The number of benzene rings is 1. The summed E-state index contributed by atoms with van der Waals surface area (Å²) < 4.78 is 0. The number of hydrogen-bond donors (Lipinski definition) is 3. The van der Waals surface area contributed by atoms with E-state index in [0.29, 0.717) is 31.6 Å². The third kappa shape index (κ3) is 5.83. The highest BCUT2D eigenvalue weighted by Gasteiger charge is 2.08. The molecule has 0 aliphatic carbocycles. The first-order chi connectivity index (χ1) is 9.93. The van der Waals surface area contributed by atoms with Gasteiger partial charge in [-0.05, 0) is 31.7 Å². The number of nitrogens with zero attached hydrogens (tertiary/aromatic N) is 1. The third-order valence-electron chi connectivity index (χ3n) is 3.37. The molecule has 0 aromatic heterocycles. The van der Waals surface area contributed by atoms with E-state index in [1.54, 1.807) is 13.1 Å². The van der Waals surface area contributed by atoms with Crippen molar-refractivity contribution in [2.45, 2.75) is 19.8 Å². The van der Waals surface area contributed by atoms with E-state index in [1.165, 1.54) is 0 Å². The molecule has 0 saturated heterocycles. The van der Waals surface area contributed by atoms with E-state index < -0.39 is 0 Å². The number of carbonyl (C=O) groups excluding carboxylic acids is 2. The van der Waals surface area contributed by atoms with Crippen molar-refractivity contribution in [3.63, 3.8) is 0 Å². The molecule has 0 unspecified atom stereocenters. The molecule has 1 rings (SSSR count). The number of nitrogens with one attached hydrogen (secondary N) is 2. The molecule has 0 spiro atoms. The summed E-state index contributed by atoms with van der Waals surface area (Å²) in [4.78, 5) is 25.0. The second kappa shape index (κ2) is 8.26. The van der Waals surface area contributed by atoms with Crippen molar-refractivity contribution in [3.05, 3.63) is 23.8 Å². The molecular formula is C15H24N4O2. The Morgan fingerprint density at radius 3 is 2.43 bits per heavy atom. The zero-order valence-electron chi connectivity index (χ0n) is 12.9. The van der Waals surface area contributed by atoms with Crippen molar-refractivity contribution in [1.82, 2.24) is 10.2 Å². The molecule has 116 valence electrons. The fourth-order valence-electron chi connectivity index (χ4n) is 1.82. The normalized spacial score (nSPS) is 10.5. The van der Waals surface area contributed by atoms with Gasteiger partial charge in [0.1, 0.15) is 0 Å². The molecule has 6 nitrogen and oxygen atoms in total. The standard InChI is InChI=1S/C15H24N4O2/c1-11-12(16)5-4-6-13(11)18-15(21)8-10-19(3)9-7-14(20)17-2/h4-6H,7-10,16H2,1-3H3,(H,17,20)(H,18,21). The number of hydrogen-bond acceptors (Lipinski definition) is 4. The van der Waals surface area contributed by atoms with Gasteiger partial charge in [-0.2, -0.15) is 0 Å². The van der Waals surface area contributed by atoms with Gasteiger partial charge >= 0.3 is 0 Å². The van der Waals surface area contributed by atoms with E-state index in [2.05, 4.69) is 10.6 Å². The first kappa shape index (κ1) is 17.0. The molecule has 6 heteroatoms. The highest BCUT2D eigenvalue weighted by molar-refractivity contribution is 5.92. The van der Waals surface area contributed by atoms with Crippen molar-refractivity contribution in [2.75, 3.05) is 38.2 Å². The van der Waals surface area contributed by atoms with Crippen LogP contribution in [0.15, 0.2) is 18.2 Å². The van der Waals surface area contributed by atoms with Crippen LogP contribution in [0.25, 0.3) is 0 Å². The van der Waals surface area contributed by atoms with Gasteiger partial charge in [-0.25, -0.2) is 0 Å². The minimum Gasteiger partial charge on any atom is -0.398 e. The Labute approximate surface area is 125 Å². The van der Waals surface area contributed by atoms with E-state index in [1.807, 2.05) is 31.0 Å². The van der Waals surface area contributed by atoms with Gasteiger partial charge in [0.2, 0.25) is 11.8 Å². The lowest BCUT2D eigenvalue weighted by Gasteiger charge is -2.16. The predicted octanol–water partition coefficient (Wildman–Crippen LogP) is 0.974. The molecule has 21 heavy (non-hydrogen) atoms. The van der Waals surface area contributed by atoms with Gasteiger partial charge in [0, 0.05) is 44.4 Å². The molecule has 0 aliphatic heterocycles. The topological polar surface area (TPSA) is 87.5 Å². The van der Waals surface area contributed by atoms with Gasteiger partial charge in [0.25, 0.3) is 0 Å². The lowest BCUT2D eigenvalue weighted by atomic mass is 10.1. The minimum atomic E-state index is -0.0597. The Morgan fingerprint density at radius 1 is 1.19 bits per heavy atom. The van der Waals surface area contributed by atoms with Crippen LogP contribution >= 0.6 is 0 Å². The van der Waals surface area contributed by atoms with Crippen molar-refractivity contribution in [1.29, 1.82) is 0 Å². The van der Waals surface area contributed by atoms with E-state index >= 15 is 0 Å². The Kier molecular flexibility index (Phi) is 6.68. The molecule has 1 aromatic carbocycles. The zero-order valence-corrected chi connectivity index (χ0v) is 12.9. The minimum absolute atomic E-state index is 0.00156.